The third-order valence-corrected chi connectivity index (χ3v) is 17.0. The van der Waals surface area contributed by atoms with Crippen molar-refractivity contribution >= 4 is 11.9 Å². The Labute approximate surface area is 494 Å². The summed E-state index contributed by atoms with van der Waals surface area (Å²) in [5.41, 5.74) is 0. The van der Waals surface area contributed by atoms with Crippen LogP contribution >= 0.6 is 0 Å². The van der Waals surface area contributed by atoms with Crippen LogP contribution in [0.5, 0.6) is 0 Å². The van der Waals surface area contributed by atoms with E-state index in [1.54, 1.807) is 0 Å². The van der Waals surface area contributed by atoms with Crippen LogP contribution in [0.1, 0.15) is 406 Å². The summed E-state index contributed by atoms with van der Waals surface area (Å²) in [6, 6.07) is -0.541. The van der Waals surface area contributed by atoms with E-state index in [1.165, 1.54) is 321 Å². The number of esters is 1. The first-order valence-corrected chi connectivity index (χ1v) is 36.1. The number of carbonyl (C=O) groups excluding carboxylic acids is 2. The van der Waals surface area contributed by atoms with E-state index in [4.69, 9.17) is 4.74 Å². The summed E-state index contributed by atoms with van der Waals surface area (Å²) in [4.78, 5) is 24.6. The number of aliphatic hydroxyl groups excluding tert-OH is 2. The molecular weight excluding hydrogens is 971 g/mol. The Balaban J connectivity index is 3.37. The molecule has 0 saturated carbocycles. The zero-order valence-electron chi connectivity index (χ0n) is 53.6. The van der Waals surface area contributed by atoms with E-state index in [0.717, 1.165) is 51.4 Å². The zero-order chi connectivity index (χ0) is 57.1. The predicted octanol–water partition coefficient (Wildman–Crippen LogP) is 23.3. The van der Waals surface area contributed by atoms with Crippen LogP contribution in [0.4, 0.5) is 0 Å². The molecule has 0 aliphatic carbocycles. The van der Waals surface area contributed by atoms with Gasteiger partial charge in [0, 0.05) is 12.8 Å². The maximum absolute atomic E-state index is 12.6. The van der Waals surface area contributed by atoms with Gasteiger partial charge in [-0.05, 0) is 51.4 Å². The lowest BCUT2D eigenvalue weighted by molar-refractivity contribution is -0.143. The molecule has 0 aliphatic rings. The molecule has 3 N–H and O–H groups in total. The highest BCUT2D eigenvalue weighted by Crippen LogP contribution is 2.19. The molecule has 6 heteroatoms. The van der Waals surface area contributed by atoms with Crippen LogP contribution in [0.25, 0.3) is 0 Å². The van der Waals surface area contributed by atoms with Gasteiger partial charge in [0.25, 0.3) is 0 Å². The van der Waals surface area contributed by atoms with E-state index in [2.05, 4.69) is 43.5 Å². The average molecular weight is 1110 g/mol. The van der Waals surface area contributed by atoms with Gasteiger partial charge in [0.1, 0.15) is 0 Å². The van der Waals surface area contributed by atoms with Crippen LogP contribution < -0.4 is 5.32 Å². The smallest absolute Gasteiger partial charge is 0.305 e. The molecule has 1 amide bonds. The van der Waals surface area contributed by atoms with Crippen LogP contribution in [-0.4, -0.2) is 47.4 Å². The van der Waals surface area contributed by atoms with Gasteiger partial charge in [-0.25, -0.2) is 0 Å². The van der Waals surface area contributed by atoms with E-state index in [1.807, 2.05) is 0 Å². The number of nitrogens with one attached hydrogen (secondary N) is 1. The quantitative estimate of drug-likeness (QED) is 0.0320. The van der Waals surface area contributed by atoms with Crippen LogP contribution in [0.2, 0.25) is 0 Å². The standard InChI is InChI=1S/C73H141NO5/c1-3-5-7-9-11-13-15-17-18-19-20-21-22-26-29-32-35-38-42-45-49-53-57-61-65-71(76)70(69-75)74-72(77)66-62-58-54-50-46-43-39-36-33-30-27-24-23-25-28-31-34-37-40-44-48-52-56-60-64-68-79-73(78)67-63-59-55-51-47-41-16-14-12-10-8-6-4-2/h8,10,14,16,70-71,75-76H,3-7,9,11-13,15,17-69H2,1-2H3,(H,74,77)/b10-8-,16-14-. The van der Waals surface area contributed by atoms with Crippen molar-refractivity contribution in [3.63, 3.8) is 0 Å². The molecule has 0 spiro atoms. The van der Waals surface area contributed by atoms with Gasteiger partial charge in [-0.15, -0.1) is 0 Å². The third kappa shape index (κ3) is 65.4. The third-order valence-electron chi connectivity index (χ3n) is 17.0. The molecule has 0 saturated heterocycles. The molecule has 0 fully saturated rings. The van der Waals surface area contributed by atoms with Gasteiger partial charge in [-0.1, -0.05) is 366 Å². The van der Waals surface area contributed by atoms with Gasteiger partial charge in [0.2, 0.25) is 5.91 Å². The largest absolute Gasteiger partial charge is 0.466 e. The van der Waals surface area contributed by atoms with Crippen molar-refractivity contribution in [1.82, 2.24) is 5.32 Å². The number of ether oxygens (including phenoxy) is 1. The number of amides is 1. The highest BCUT2D eigenvalue weighted by atomic mass is 16.5. The van der Waals surface area contributed by atoms with Gasteiger partial charge in [-0.2, -0.15) is 0 Å². The Morgan fingerprint density at radius 1 is 0.354 bits per heavy atom. The molecule has 0 aliphatic heterocycles. The summed E-state index contributed by atoms with van der Waals surface area (Å²) < 4.78 is 5.48. The molecule has 0 aromatic rings. The molecular formula is C73H141NO5. The molecule has 0 rings (SSSR count). The Bertz CT molecular complexity index is 1230. The fourth-order valence-corrected chi connectivity index (χ4v) is 11.5. The minimum Gasteiger partial charge on any atom is -0.466 e. The Hall–Kier alpha value is -1.66. The van der Waals surface area contributed by atoms with Crippen molar-refractivity contribution in [3.05, 3.63) is 24.3 Å². The fraction of sp³-hybridized carbons (Fsp3) is 0.918. The number of rotatable bonds is 68. The summed E-state index contributed by atoms with van der Waals surface area (Å²) in [5.74, 6) is -0.0264. The maximum atomic E-state index is 12.6. The zero-order valence-corrected chi connectivity index (χ0v) is 53.6. The summed E-state index contributed by atoms with van der Waals surface area (Å²) >= 11 is 0. The van der Waals surface area contributed by atoms with Crippen molar-refractivity contribution in [2.75, 3.05) is 13.2 Å². The topological polar surface area (TPSA) is 95.9 Å². The Kier molecular flexibility index (Phi) is 67.4. The summed E-state index contributed by atoms with van der Waals surface area (Å²) in [6.45, 7) is 4.92. The number of aliphatic hydroxyl groups is 2. The summed E-state index contributed by atoms with van der Waals surface area (Å²) in [6.07, 6.45) is 86.6. The van der Waals surface area contributed by atoms with E-state index in [9.17, 15) is 19.8 Å². The number of hydrogen-bond acceptors (Lipinski definition) is 5. The molecule has 6 nitrogen and oxygen atoms in total. The van der Waals surface area contributed by atoms with Gasteiger partial charge in [-0.3, -0.25) is 9.59 Å². The maximum Gasteiger partial charge on any atom is 0.305 e. The lowest BCUT2D eigenvalue weighted by Crippen LogP contribution is -2.45. The molecule has 79 heavy (non-hydrogen) atoms. The van der Waals surface area contributed by atoms with Crippen molar-refractivity contribution in [2.24, 2.45) is 0 Å². The van der Waals surface area contributed by atoms with E-state index in [-0.39, 0.29) is 18.5 Å². The van der Waals surface area contributed by atoms with Crippen molar-refractivity contribution < 1.29 is 24.5 Å². The van der Waals surface area contributed by atoms with Gasteiger partial charge < -0.3 is 20.3 Å². The van der Waals surface area contributed by atoms with E-state index < -0.39 is 12.1 Å². The minimum atomic E-state index is -0.665. The van der Waals surface area contributed by atoms with Crippen LogP contribution in [0.15, 0.2) is 24.3 Å². The molecule has 0 aromatic carbocycles. The SMILES string of the molecule is CCC/C=C\C/C=C\CCCCCCCC(=O)OCCCCCCCCCCCCCCCCCCCCCCCCCCCC(=O)NC(CO)C(O)CCCCCCCCCCCCCCCCCCCCCCCCCC. The number of unbranched alkanes of at least 4 members (excludes halogenated alkanes) is 53. The normalized spacial score (nSPS) is 12.6. The summed E-state index contributed by atoms with van der Waals surface area (Å²) in [5, 5.41) is 23.5. The minimum absolute atomic E-state index is 0.00191. The highest BCUT2D eigenvalue weighted by Gasteiger charge is 2.20. The molecule has 0 aromatic heterocycles. The second kappa shape index (κ2) is 68.8. The molecule has 0 bridgehead atoms. The van der Waals surface area contributed by atoms with Crippen molar-refractivity contribution in [1.29, 1.82) is 0 Å². The van der Waals surface area contributed by atoms with Crippen LogP contribution in [-0.2, 0) is 14.3 Å². The highest BCUT2D eigenvalue weighted by molar-refractivity contribution is 5.76. The fourth-order valence-electron chi connectivity index (χ4n) is 11.5. The first-order chi connectivity index (χ1) is 39.0. The van der Waals surface area contributed by atoms with Crippen LogP contribution in [0.3, 0.4) is 0 Å². The predicted molar refractivity (Wildman–Crippen MR) is 347 cm³/mol. The van der Waals surface area contributed by atoms with Crippen LogP contribution in [0, 0.1) is 0 Å². The lowest BCUT2D eigenvalue weighted by atomic mass is 10.0. The molecule has 468 valence electrons. The number of hydrogen-bond donors (Lipinski definition) is 3. The van der Waals surface area contributed by atoms with E-state index in [0.29, 0.717) is 25.9 Å². The van der Waals surface area contributed by atoms with Gasteiger partial charge in [0.15, 0.2) is 0 Å². The first kappa shape index (κ1) is 77.3. The monoisotopic (exact) mass is 1110 g/mol. The van der Waals surface area contributed by atoms with Crippen molar-refractivity contribution in [2.45, 2.75) is 418 Å². The molecule has 0 radical (unpaired) electrons. The van der Waals surface area contributed by atoms with Gasteiger partial charge >= 0.3 is 5.97 Å². The number of allylic oxidation sites excluding steroid dienone is 4. The van der Waals surface area contributed by atoms with Crippen molar-refractivity contribution in [3.8, 4) is 0 Å². The first-order valence-electron chi connectivity index (χ1n) is 36.1. The summed E-state index contributed by atoms with van der Waals surface area (Å²) in [7, 11) is 0. The average Bonchev–Trinajstić information content (AvgIpc) is 3.45. The second-order valence-corrected chi connectivity index (χ2v) is 24.9. The Morgan fingerprint density at radius 3 is 1.01 bits per heavy atom. The molecule has 2 unspecified atom stereocenters. The second-order valence-electron chi connectivity index (χ2n) is 24.9. The van der Waals surface area contributed by atoms with Gasteiger partial charge in [0.05, 0.1) is 25.4 Å². The number of carbonyl (C=O) groups is 2. The lowest BCUT2D eigenvalue weighted by Gasteiger charge is -2.22. The Morgan fingerprint density at radius 2 is 0.658 bits per heavy atom. The molecule has 0 heterocycles. The molecule has 2 atom stereocenters. The van der Waals surface area contributed by atoms with E-state index >= 15 is 0 Å².